The molecule has 0 bridgehead atoms. The molecule has 0 spiro atoms. The van der Waals surface area contributed by atoms with Crippen LogP contribution in [-0.2, 0) is 11.8 Å². The maximum absolute atomic E-state index is 5.51. The van der Waals surface area contributed by atoms with Gasteiger partial charge in [-0.05, 0) is 48.4 Å². The molecule has 2 heteroatoms. The molecule has 0 heterocycles. The third-order valence-corrected chi connectivity index (χ3v) is 3.55. The highest BCUT2D eigenvalue weighted by atomic mass is 16.5. The van der Waals surface area contributed by atoms with Crippen molar-refractivity contribution in [1.82, 2.24) is 5.32 Å². The lowest BCUT2D eigenvalue weighted by atomic mass is 9.85. The molecule has 0 aliphatic rings. The maximum Gasteiger partial charge on any atom is 0.122 e. The van der Waals surface area contributed by atoms with Gasteiger partial charge in [0.05, 0.1) is 7.11 Å². The first-order valence-corrected chi connectivity index (χ1v) is 7.64. The number of hydrogen-bond acceptors (Lipinski definition) is 2. The molecule has 2 nitrogen and oxygen atoms in total. The van der Waals surface area contributed by atoms with Crippen molar-refractivity contribution in [2.75, 3.05) is 13.7 Å². The molecule has 114 valence electrons. The van der Waals surface area contributed by atoms with Gasteiger partial charge in [-0.2, -0.15) is 0 Å². The van der Waals surface area contributed by atoms with Gasteiger partial charge in [-0.15, -0.1) is 0 Å². The van der Waals surface area contributed by atoms with Crippen LogP contribution in [0.15, 0.2) is 18.2 Å². The Morgan fingerprint density at radius 1 is 1.15 bits per heavy atom. The van der Waals surface area contributed by atoms with E-state index in [0.717, 1.165) is 18.7 Å². The third-order valence-electron chi connectivity index (χ3n) is 3.55. The van der Waals surface area contributed by atoms with E-state index in [1.807, 2.05) is 0 Å². The Bertz CT molecular complexity index is 418. The zero-order valence-corrected chi connectivity index (χ0v) is 14.2. The molecule has 1 unspecified atom stereocenters. The van der Waals surface area contributed by atoms with Crippen LogP contribution in [0.3, 0.4) is 0 Å². The first-order valence-electron chi connectivity index (χ1n) is 7.64. The van der Waals surface area contributed by atoms with Crippen molar-refractivity contribution in [3.05, 3.63) is 29.3 Å². The zero-order valence-electron chi connectivity index (χ0n) is 14.2. The van der Waals surface area contributed by atoms with Crippen molar-refractivity contribution in [3.63, 3.8) is 0 Å². The van der Waals surface area contributed by atoms with Gasteiger partial charge in [-0.25, -0.2) is 0 Å². The molecule has 0 aromatic heterocycles. The van der Waals surface area contributed by atoms with Crippen LogP contribution in [0.2, 0.25) is 0 Å². The summed E-state index contributed by atoms with van der Waals surface area (Å²) >= 11 is 0. The fraction of sp³-hybridized carbons (Fsp3) is 0.667. The van der Waals surface area contributed by atoms with E-state index >= 15 is 0 Å². The summed E-state index contributed by atoms with van der Waals surface area (Å²) in [5.74, 6) is 1.68. The Kier molecular flexibility index (Phi) is 6.07. The van der Waals surface area contributed by atoms with E-state index in [9.17, 15) is 0 Å². The summed E-state index contributed by atoms with van der Waals surface area (Å²) in [6, 6.07) is 7.04. The van der Waals surface area contributed by atoms with Crippen LogP contribution in [0.4, 0.5) is 0 Å². The average molecular weight is 277 g/mol. The van der Waals surface area contributed by atoms with Crippen LogP contribution in [0, 0.1) is 5.92 Å². The van der Waals surface area contributed by atoms with Crippen molar-refractivity contribution >= 4 is 0 Å². The van der Waals surface area contributed by atoms with Crippen LogP contribution < -0.4 is 10.1 Å². The maximum atomic E-state index is 5.51. The zero-order chi connectivity index (χ0) is 15.3. The number of rotatable bonds is 6. The fourth-order valence-corrected chi connectivity index (χ4v) is 2.24. The second-order valence-corrected chi connectivity index (χ2v) is 7.18. The summed E-state index contributed by atoms with van der Waals surface area (Å²) in [7, 11) is 1.75. The Balaban J connectivity index is 2.86. The molecule has 1 rings (SSSR count). The smallest absolute Gasteiger partial charge is 0.122 e. The molecule has 0 aliphatic heterocycles. The van der Waals surface area contributed by atoms with E-state index in [1.54, 1.807) is 7.11 Å². The molecule has 1 aromatic rings. The van der Waals surface area contributed by atoms with Gasteiger partial charge in [0.15, 0.2) is 0 Å². The normalized spacial score (nSPS) is 13.6. The van der Waals surface area contributed by atoms with Crippen LogP contribution in [0.5, 0.6) is 5.75 Å². The van der Waals surface area contributed by atoms with E-state index < -0.39 is 0 Å². The Hall–Kier alpha value is -1.02. The topological polar surface area (TPSA) is 21.3 Å². The quantitative estimate of drug-likeness (QED) is 0.842. The monoisotopic (exact) mass is 277 g/mol. The molecule has 0 aliphatic carbocycles. The van der Waals surface area contributed by atoms with Gasteiger partial charge in [0.25, 0.3) is 0 Å². The minimum atomic E-state index is 0.176. The van der Waals surface area contributed by atoms with Crippen molar-refractivity contribution in [2.24, 2.45) is 5.92 Å². The van der Waals surface area contributed by atoms with Crippen molar-refractivity contribution in [2.45, 2.75) is 59.4 Å². The summed E-state index contributed by atoms with van der Waals surface area (Å²) in [5, 5.41) is 3.58. The lowest BCUT2D eigenvalue weighted by Gasteiger charge is -2.22. The standard InChI is InChI=1S/C18H31NO/c1-13(2)12-19-14(3)10-15-11-16(18(4,5)6)8-9-17(15)20-7/h8-9,11,13-14,19H,10,12H2,1-7H3. The molecular formula is C18H31NO. The molecule has 0 amide bonds. The van der Waals surface area contributed by atoms with Gasteiger partial charge in [-0.1, -0.05) is 46.8 Å². The Labute approximate surface area is 124 Å². The molecule has 0 saturated heterocycles. The highest BCUT2D eigenvalue weighted by Crippen LogP contribution is 2.28. The second-order valence-electron chi connectivity index (χ2n) is 7.18. The van der Waals surface area contributed by atoms with Crippen molar-refractivity contribution in [3.8, 4) is 5.75 Å². The van der Waals surface area contributed by atoms with Gasteiger partial charge >= 0.3 is 0 Å². The molecule has 1 atom stereocenters. The lowest BCUT2D eigenvalue weighted by Crippen LogP contribution is -2.31. The SMILES string of the molecule is COc1ccc(C(C)(C)C)cc1CC(C)NCC(C)C. The summed E-state index contributed by atoms with van der Waals surface area (Å²) in [4.78, 5) is 0. The molecular weight excluding hydrogens is 246 g/mol. The number of nitrogens with one attached hydrogen (secondary N) is 1. The van der Waals surface area contributed by atoms with Crippen LogP contribution in [0.1, 0.15) is 52.7 Å². The van der Waals surface area contributed by atoms with Gasteiger partial charge in [0.1, 0.15) is 5.75 Å². The fourth-order valence-electron chi connectivity index (χ4n) is 2.24. The predicted octanol–water partition coefficient (Wildman–Crippen LogP) is 4.17. The van der Waals surface area contributed by atoms with Crippen molar-refractivity contribution in [1.29, 1.82) is 0 Å². The highest BCUT2D eigenvalue weighted by Gasteiger charge is 2.17. The number of ether oxygens (including phenoxy) is 1. The molecule has 1 aromatic carbocycles. The summed E-state index contributed by atoms with van der Waals surface area (Å²) < 4.78 is 5.51. The van der Waals surface area contributed by atoms with Crippen LogP contribution >= 0.6 is 0 Å². The predicted molar refractivity (Wildman–Crippen MR) is 87.7 cm³/mol. The van der Waals surface area contributed by atoms with Gasteiger partial charge < -0.3 is 10.1 Å². The highest BCUT2D eigenvalue weighted by molar-refractivity contribution is 5.40. The van der Waals surface area contributed by atoms with Crippen LogP contribution in [-0.4, -0.2) is 19.7 Å². The molecule has 1 N–H and O–H groups in total. The summed E-state index contributed by atoms with van der Waals surface area (Å²) in [6.45, 7) is 14.5. The Morgan fingerprint density at radius 2 is 1.80 bits per heavy atom. The van der Waals surface area contributed by atoms with Crippen LogP contribution in [0.25, 0.3) is 0 Å². The first kappa shape index (κ1) is 17.0. The molecule has 0 radical (unpaired) electrons. The second kappa shape index (κ2) is 7.12. The van der Waals surface area contributed by atoms with E-state index in [-0.39, 0.29) is 5.41 Å². The summed E-state index contributed by atoms with van der Waals surface area (Å²) in [6.07, 6.45) is 1.000. The van der Waals surface area contributed by atoms with E-state index in [2.05, 4.69) is 65.1 Å². The van der Waals surface area contributed by atoms with E-state index in [1.165, 1.54) is 11.1 Å². The molecule has 20 heavy (non-hydrogen) atoms. The number of hydrogen-bond donors (Lipinski definition) is 1. The first-order chi connectivity index (χ1) is 9.24. The molecule has 0 fully saturated rings. The number of methoxy groups -OCH3 is 1. The van der Waals surface area contributed by atoms with E-state index in [0.29, 0.717) is 12.0 Å². The lowest BCUT2D eigenvalue weighted by molar-refractivity contribution is 0.403. The Morgan fingerprint density at radius 3 is 2.30 bits per heavy atom. The van der Waals surface area contributed by atoms with Gasteiger partial charge in [0.2, 0.25) is 0 Å². The molecule has 0 saturated carbocycles. The summed E-state index contributed by atoms with van der Waals surface area (Å²) in [5.41, 5.74) is 2.84. The average Bonchev–Trinajstić information content (AvgIpc) is 2.35. The third kappa shape index (κ3) is 5.16. The largest absolute Gasteiger partial charge is 0.496 e. The number of benzene rings is 1. The van der Waals surface area contributed by atoms with E-state index in [4.69, 9.17) is 4.74 Å². The minimum absolute atomic E-state index is 0.176. The minimum Gasteiger partial charge on any atom is -0.496 e. The van der Waals surface area contributed by atoms with Gasteiger partial charge in [0, 0.05) is 6.04 Å². The van der Waals surface area contributed by atoms with Crippen molar-refractivity contribution < 1.29 is 4.74 Å². The van der Waals surface area contributed by atoms with Gasteiger partial charge in [-0.3, -0.25) is 0 Å².